The Morgan fingerprint density at radius 2 is 0.471 bits per heavy atom. The van der Waals surface area contributed by atoms with E-state index in [4.69, 9.17) is 0 Å². The number of rotatable bonds is 30. The molecule has 0 aliphatic heterocycles. The Morgan fingerprint density at radius 3 is 0.647 bits per heavy atom. The highest BCUT2D eigenvalue weighted by atomic mass is 79.9. The van der Waals surface area contributed by atoms with E-state index in [0.717, 1.165) is 0 Å². The van der Waals surface area contributed by atoms with Crippen molar-refractivity contribution in [2.45, 2.75) is 203 Å². The van der Waals surface area contributed by atoms with Gasteiger partial charge in [-0.15, -0.1) is 0 Å². The van der Waals surface area contributed by atoms with Crippen LogP contribution in [-0.2, 0) is 0 Å². The Morgan fingerprint density at radius 1 is 0.294 bits per heavy atom. The number of halogens is 2. The molecule has 0 atom stereocenters. The maximum absolute atomic E-state index is 3.56. The van der Waals surface area contributed by atoms with E-state index in [1.807, 2.05) is 0 Å². The first kappa shape index (κ1) is 35.0. The minimum absolute atomic E-state index is 0.522. The van der Waals surface area contributed by atoms with Gasteiger partial charge >= 0.3 is 0 Å². The van der Waals surface area contributed by atoms with Gasteiger partial charge in [0.1, 0.15) is 0 Å². The van der Waals surface area contributed by atoms with Crippen molar-refractivity contribution in [1.82, 2.24) is 0 Å². The number of alkyl halides is 2. The maximum atomic E-state index is 3.56. The highest BCUT2D eigenvalue weighted by Crippen LogP contribution is 2.19. The van der Waals surface area contributed by atoms with Crippen LogP contribution in [0, 0.1) is 0 Å². The molecule has 206 valence electrons. The lowest BCUT2D eigenvalue weighted by atomic mass is 10.0. The fraction of sp³-hybridized carbons (Fsp3) is 1.00. The second kappa shape index (κ2) is 32.0. The van der Waals surface area contributed by atoms with Crippen molar-refractivity contribution in [3.63, 3.8) is 0 Å². The molecule has 0 saturated heterocycles. The van der Waals surface area contributed by atoms with Crippen LogP contribution in [0.1, 0.15) is 200 Å². The van der Waals surface area contributed by atoms with Crippen molar-refractivity contribution in [3.8, 4) is 0 Å². The van der Waals surface area contributed by atoms with Gasteiger partial charge < -0.3 is 0 Å². The number of unbranched alkanes of at least 4 members (excludes halogenated alkanes) is 28. The van der Waals surface area contributed by atoms with Crippen LogP contribution >= 0.6 is 31.9 Å². The van der Waals surface area contributed by atoms with Gasteiger partial charge in [0.15, 0.2) is 0 Å². The Bertz CT molecular complexity index is 342. The van der Waals surface area contributed by atoms with Crippen LogP contribution in [0.4, 0.5) is 0 Å². The van der Waals surface area contributed by atoms with E-state index in [2.05, 4.69) is 38.8 Å². The summed E-state index contributed by atoms with van der Waals surface area (Å²) >= 11 is 7.12. The van der Waals surface area contributed by atoms with Crippen LogP contribution in [0.15, 0.2) is 0 Å². The van der Waals surface area contributed by atoms with Crippen LogP contribution in [0.5, 0.6) is 0 Å². The minimum atomic E-state index is 0.522. The molecule has 0 unspecified atom stereocenters. The molecule has 0 amide bonds. The molecule has 0 nitrogen and oxygen atoms in total. The average molecular weight is 609 g/mol. The van der Waals surface area contributed by atoms with Crippen molar-refractivity contribution in [1.29, 1.82) is 0 Å². The van der Waals surface area contributed by atoms with Crippen molar-refractivity contribution < 1.29 is 0 Å². The molecular formula is C32H64Br2. The van der Waals surface area contributed by atoms with E-state index in [1.165, 1.54) is 193 Å². The summed E-state index contributed by atoms with van der Waals surface area (Å²) in [5.74, 6) is 0. The summed E-state index contributed by atoms with van der Waals surface area (Å²) in [6.07, 6.45) is 43.9. The lowest BCUT2D eigenvalue weighted by molar-refractivity contribution is 0.513. The second-order valence-corrected chi connectivity index (χ2v) is 14.5. The molecular weight excluding hydrogens is 544 g/mol. The maximum Gasteiger partial charge on any atom is 0.0697 e. The van der Waals surface area contributed by atoms with E-state index in [-0.39, 0.29) is 0 Å². The lowest BCUT2D eigenvalue weighted by Gasteiger charge is -2.05. The van der Waals surface area contributed by atoms with Gasteiger partial charge in [0.05, 0.1) is 3.74 Å². The summed E-state index contributed by atoms with van der Waals surface area (Å²) in [5, 5.41) is 0. The highest BCUT2D eigenvalue weighted by molar-refractivity contribution is 9.24. The SMILES string of the molecule is CCCCCCCCCCCCCCCCCCCCCCCCCCCCCCCC(Br)Br. The molecule has 0 fully saturated rings. The Labute approximate surface area is 234 Å². The van der Waals surface area contributed by atoms with Gasteiger partial charge in [0.2, 0.25) is 0 Å². The van der Waals surface area contributed by atoms with E-state index < -0.39 is 0 Å². The smallest absolute Gasteiger partial charge is 0.0697 e. The van der Waals surface area contributed by atoms with Gasteiger partial charge in [-0.2, -0.15) is 0 Å². The van der Waals surface area contributed by atoms with Gasteiger partial charge in [-0.05, 0) is 6.42 Å². The summed E-state index contributed by atoms with van der Waals surface area (Å²) in [7, 11) is 0. The van der Waals surface area contributed by atoms with Crippen molar-refractivity contribution in [3.05, 3.63) is 0 Å². The molecule has 0 spiro atoms. The largest absolute Gasteiger partial charge is 0.0765 e. The van der Waals surface area contributed by atoms with Crippen molar-refractivity contribution in [2.24, 2.45) is 0 Å². The van der Waals surface area contributed by atoms with E-state index in [9.17, 15) is 0 Å². The summed E-state index contributed by atoms with van der Waals surface area (Å²) in [6.45, 7) is 2.31. The van der Waals surface area contributed by atoms with Gasteiger partial charge in [0, 0.05) is 0 Å². The van der Waals surface area contributed by atoms with Crippen molar-refractivity contribution in [2.75, 3.05) is 0 Å². The van der Waals surface area contributed by atoms with Crippen LogP contribution in [0.2, 0.25) is 0 Å². The van der Waals surface area contributed by atoms with Gasteiger partial charge in [0.25, 0.3) is 0 Å². The van der Waals surface area contributed by atoms with Crippen LogP contribution in [0.3, 0.4) is 0 Å². The predicted octanol–water partition coefficient (Wildman–Crippen LogP) is 13.8. The normalized spacial score (nSPS) is 11.6. The molecule has 0 aliphatic carbocycles. The number of hydrogen-bond acceptors (Lipinski definition) is 0. The number of hydrogen-bond donors (Lipinski definition) is 0. The van der Waals surface area contributed by atoms with Crippen LogP contribution in [0.25, 0.3) is 0 Å². The van der Waals surface area contributed by atoms with Gasteiger partial charge in [-0.3, -0.25) is 0 Å². The third-order valence-corrected chi connectivity index (χ3v) is 8.44. The molecule has 0 aromatic carbocycles. The van der Waals surface area contributed by atoms with E-state index >= 15 is 0 Å². The third kappa shape index (κ3) is 33.0. The first-order valence-corrected chi connectivity index (χ1v) is 17.9. The monoisotopic (exact) mass is 606 g/mol. The molecule has 34 heavy (non-hydrogen) atoms. The molecule has 2 heteroatoms. The Hall–Kier alpha value is 0.960. The van der Waals surface area contributed by atoms with Crippen LogP contribution < -0.4 is 0 Å². The lowest BCUT2D eigenvalue weighted by Crippen LogP contribution is -1.86. The van der Waals surface area contributed by atoms with E-state index in [1.54, 1.807) is 0 Å². The zero-order valence-electron chi connectivity index (χ0n) is 23.5. The average Bonchev–Trinajstić information content (AvgIpc) is 2.83. The fourth-order valence-electron chi connectivity index (χ4n) is 5.14. The second-order valence-electron chi connectivity index (χ2n) is 11.1. The van der Waals surface area contributed by atoms with Gasteiger partial charge in [-0.1, -0.05) is 225 Å². The first-order chi connectivity index (χ1) is 16.8. The molecule has 0 N–H and O–H groups in total. The Kier molecular flexibility index (Phi) is 32.9. The Balaban J connectivity index is 3.00. The molecule has 0 aromatic rings. The molecule has 0 rings (SSSR count). The predicted molar refractivity (Wildman–Crippen MR) is 166 cm³/mol. The highest BCUT2D eigenvalue weighted by Gasteiger charge is 1.98. The molecule has 0 aliphatic rings. The topological polar surface area (TPSA) is 0 Å². The summed E-state index contributed by atoms with van der Waals surface area (Å²) < 4.78 is 0.522. The molecule has 0 bridgehead atoms. The van der Waals surface area contributed by atoms with Gasteiger partial charge in [-0.25, -0.2) is 0 Å². The summed E-state index contributed by atoms with van der Waals surface area (Å²) in [4.78, 5) is 0. The summed E-state index contributed by atoms with van der Waals surface area (Å²) in [5.41, 5.74) is 0. The zero-order chi connectivity index (χ0) is 24.8. The van der Waals surface area contributed by atoms with Crippen LogP contribution in [-0.4, -0.2) is 3.74 Å². The molecule has 0 radical (unpaired) electrons. The zero-order valence-corrected chi connectivity index (χ0v) is 26.7. The van der Waals surface area contributed by atoms with E-state index in [0.29, 0.717) is 3.74 Å². The standard InChI is InChI=1S/C32H64Br2/c1-2-3-4-5-6-7-8-9-10-11-12-13-14-15-16-17-18-19-20-21-22-23-24-25-26-27-28-29-30-31-32(33)34/h32H,2-31H2,1H3. The van der Waals surface area contributed by atoms with Crippen molar-refractivity contribution >= 4 is 31.9 Å². The minimum Gasteiger partial charge on any atom is -0.0765 e. The fourth-order valence-corrected chi connectivity index (χ4v) is 5.79. The first-order valence-electron chi connectivity index (χ1n) is 16.1. The quantitative estimate of drug-likeness (QED) is 0.0562. The molecule has 0 aromatic heterocycles. The summed E-state index contributed by atoms with van der Waals surface area (Å²) in [6, 6.07) is 0. The molecule has 0 saturated carbocycles. The third-order valence-electron chi connectivity index (χ3n) is 7.53. The molecule has 0 heterocycles.